The Labute approximate surface area is 122 Å². The quantitative estimate of drug-likeness (QED) is 0.736. The lowest BCUT2D eigenvalue weighted by molar-refractivity contribution is -0.140. The van der Waals surface area contributed by atoms with Gasteiger partial charge in [-0.25, -0.2) is 4.68 Å². The van der Waals surface area contributed by atoms with Crippen LogP contribution in [0.5, 0.6) is 0 Å². The van der Waals surface area contributed by atoms with Crippen LogP contribution in [0.3, 0.4) is 0 Å². The summed E-state index contributed by atoms with van der Waals surface area (Å²) < 4.78 is 6.06. The van der Waals surface area contributed by atoms with Crippen LogP contribution in [0.4, 0.5) is 5.69 Å². The summed E-state index contributed by atoms with van der Waals surface area (Å²) in [5.41, 5.74) is -0.0619. The zero-order chi connectivity index (χ0) is 15.1. The molecule has 1 rings (SSSR count). The largest absolute Gasteiger partial charge is 0.465 e. The van der Waals surface area contributed by atoms with E-state index in [0.29, 0.717) is 25.4 Å². The van der Waals surface area contributed by atoms with Crippen LogP contribution in [0, 0.1) is 0 Å². The molecule has 0 aliphatic carbocycles. The van der Waals surface area contributed by atoms with Crippen LogP contribution in [0.1, 0.15) is 6.92 Å². The van der Waals surface area contributed by atoms with E-state index in [2.05, 4.69) is 10.4 Å². The maximum absolute atomic E-state index is 12.0. The second-order valence-electron chi connectivity index (χ2n) is 4.36. The molecule has 1 aromatic heterocycles. The van der Waals surface area contributed by atoms with Crippen LogP contribution in [0.25, 0.3) is 0 Å². The molecule has 1 N–H and O–H groups in total. The van der Waals surface area contributed by atoms with Crippen molar-refractivity contribution in [2.24, 2.45) is 0 Å². The van der Waals surface area contributed by atoms with E-state index in [4.69, 9.17) is 16.3 Å². The Balaban J connectivity index is 2.73. The molecule has 8 heteroatoms. The van der Waals surface area contributed by atoms with Gasteiger partial charge in [0, 0.05) is 6.54 Å². The average Bonchev–Trinajstić information content (AvgIpc) is 2.39. The van der Waals surface area contributed by atoms with Crippen molar-refractivity contribution in [2.75, 3.05) is 39.1 Å². The van der Waals surface area contributed by atoms with Gasteiger partial charge < -0.3 is 15.0 Å². The molecule has 20 heavy (non-hydrogen) atoms. The zero-order valence-electron chi connectivity index (χ0n) is 11.9. The first-order valence-electron chi connectivity index (χ1n) is 6.25. The monoisotopic (exact) mass is 302 g/mol. The van der Waals surface area contributed by atoms with Gasteiger partial charge in [-0.3, -0.25) is 9.59 Å². The number of halogens is 1. The number of nitrogens with zero attached hydrogens (tertiary/aromatic N) is 3. The lowest BCUT2D eigenvalue weighted by Gasteiger charge is -2.12. The Bertz CT molecular complexity index is 516. The van der Waals surface area contributed by atoms with Gasteiger partial charge in [0.15, 0.2) is 0 Å². The summed E-state index contributed by atoms with van der Waals surface area (Å²) in [5, 5.41) is 6.77. The number of carbonyl (C=O) groups excluding carboxylic acids is 1. The van der Waals surface area contributed by atoms with Crippen molar-refractivity contribution < 1.29 is 9.53 Å². The minimum absolute atomic E-state index is 0.0167. The van der Waals surface area contributed by atoms with Crippen molar-refractivity contribution >= 4 is 23.3 Å². The second-order valence-corrected chi connectivity index (χ2v) is 4.74. The van der Waals surface area contributed by atoms with Gasteiger partial charge in [-0.1, -0.05) is 11.6 Å². The van der Waals surface area contributed by atoms with Crippen LogP contribution < -0.4 is 10.9 Å². The number of anilines is 1. The standard InChI is InChI=1S/C12H19ClN4O3/c1-4-20-10(18)8-14-9-7-15-17(6-5-16(2)3)12(19)11(9)13/h7,14H,4-6,8H2,1-3H3. The highest BCUT2D eigenvalue weighted by atomic mass is 35.5. The molecule has 0 unspecified atom stereocenters. The van der Waals surface area contributed by atoms with E-state index in [1.54, 1.807) is 6.92 Å². The van der Waals surface area contributed by atoms with Gasteiger partial charge in [0.1, 0.15) is 11.6 Å². The van der Waals surface area contributed by atoms with Gasteiger partial charge in [-0.2, -0.15) is 5.10 Å². The third-order valence-electron chi connectivity index (χ3n) is 2.47. The van der Waals surface area contributed by atoms with Gasteiger partial charge in [0.25, 0.3) is 5.56 Å². The van der Waals surface area contributed by atoms with E-state index in [-0.39, 0.29) is 17.1 Å². The van der Waals surface area contributed by atoms with Crippen molar-refractivity contribution in [3.63, 3.8) is 0 Å². The van der Waals surface area contributed by atoms with E-state index >= 15 is 0 Å². The number of likely N-dealkylation sites (N-methyl/N-ethyl adjacent to an activating group) is 1. The molecule has 0 saturated heterocycles. The predicted molar refractivity (Wildman–Crippen MR) is 77.2 cm³/mol. The topological polar surface area (TPSA) is 76.5 Å². The molecule has 0 atom stereocenters. The van der Waals surface area contributed by atoms with E-state index in [0.717, 1.165) is 0 Å². The fourth-order valence-corrected chi connectivity index (χ4v) is 1.63. The molecule has 1 heterocycles. The highest BCUT2D eigenvalue weighted by molar-refractivity contribution is 6.33. The van der Waals surface area contributed by atoms with Crippen molar-refractivity contribution in [3.8, 4) is 0 Å². The number of rotatable bonds is 7. The van der Waals surface area contributed by atoms with E-state index in [9.17, 15) is 9.59 Å². The molecule has 7 nitrogen and oxygen atoms in total. The number of ether oxygens (including phenoxy) is 1. The van der Waals surface area contributed by atoms with Crippen LogP contribution in [0.15, 0.2) is 11.0 Å². The Morgan fingerprint density at radius 3 is 2.85 bits per heavy atom. The number of aromatic nitrogens is 2. The minimum atomic E-state index is -0.416. The summed E-state index contributed by atoms with van der Waals surface area (Å²) in [5.74, 6) is -0.416. The molecule has 0 spiro atoms. The highest BCUT2D eigenvalue weighted by Crippen LogP contribution is 2.14. The number of hydrogen-bond donors (Lipinski definition) is 1. The highest BCUT2D eigenvalue weighted by Gasteiger charge is 2.10. The Morgan fingerprint density at radius 1 is 1.55 bits per heavy atom. The second kappa shape index (κ2) is 7.86. The van der Waals surface area contributed by atoms with E-state index in [1.165, 1.54) is 10.9 Å². The first-order valence-corrected chi connectivity index (χ1v) is 6.63. The lowest BCUT2D eigenvalue weighted by Crippen LogP contribution is -2.29. The van der Waals surface area contributed by atoms with E-state index < -0.39 is 5.97 Å². The molecule has 0 saturated carbocycles. The summed E-state index contributed by atoms with van der Waals surface area (Å²) in [6.45, 7) is 3.09. The average molecular weight is 303 g/mol. The normalized spacial score (nSPS) is 10.7. The SMILES string of the molecule is CCOC(=O)CNc1cnn(CCN(C)C)c(=O)c1Cl. The number of carbonyl (C=O) groups is 1. The van der Waals surface area contributed by atoms with Gasteiger partial charge in [-0.15, -0.1) is 0 Å². The Morgan fingerprint density at radius 2 is 2.25 bits per heavy atom. The fourth-order valence-electron chi connectivity index (χ4n) is 1.42. The van der Waals surface area contributed by atoms with Gasteiger partial charge >= 0.3 is 5.97 Å². The summed E-state index contributed by atoms with van der Waals surface area (Å²) in [7, 11) is 3.81. The summed E-state index contributed by atoms with van der Waals surface area (Å²) in [6, 6.07) is 0. The van der Waals surface area contributed by atoms with Crippen molar-refractivity contribution in [1.29, 1.82) is 0 Å². The molecule has 0 aromatic carbocycles. The molecule has 0 fully saturated rings. The summed E-state index contributed by atoms with van der Waals surface area (Å²) in [4.78, 5) is 25.1. The van der Waals surface area contributed by atoms with E-state index in [1.807, 2.05) is 19.0 Å². The van der Waals surface area contributed by atoms with Crippen LogP contribution in [-0.4, -0.2) is 54.4 Å². The Kier molecular flexibility index (Phi) is 6.47. The Hall–Kier alpha value is -1.60. The molecule has 1 aromatic rings. The van der Waals surface area contributed by atoms with Crippen molar-refractivity contribution in [2.45, 2.75) is 13.5 Å². The molecular formula is C12H19ClN4O3. The van der Waals surface area contributed by atoms with Gasteiger partial charge in [-0.05, 0) is 21.0 Å². The third kappa shape index (κ3) is 4.82. The summed E-state index contributed by atoms with van der Waals surface area (Å²) in [6.07, 6.45) is 1.43. The number of esters is 1. The molecule has 0 bridgehead atoms. The summed E-state index contributed by atoms with van der Waals surface area (Å²) >= 11 is 5.97. The molecule has 0 aliphatic rings. The van der Waals surface area contributed by atoms with Crippen molar-refractivity contribution in [1.82, 2.24) is 14.7 Å². The molecular weight excluding hydrogens is 284 g/mol. The van der Waals surface area contributed by atoms with Gasteiger partial charge in [0.05, 0.1) is 25.0 Å². The molecule has 0 amide bonds. The maximum Gasteiger partial charge on any atom is 0.325 e. The first kappa shape index (κ1) is 16.5. The molecule has 0 radical (unpaired) electrons. The zero-order valence-corrected chi connectivity index (χ0v) is 12.6. The van der Waals surface area contributed by atoms with Gasteiger partial charge in [0.2, 0.25) is 0 Å². The minimum Gasteiger partial charge on any atom is -0.465 e. The fraction of sp³-hybridized carbons (Fsp3) is 0.583. The number of nitrogens with one attached hydrogen (secondary N) is 1. The molecule has 0 aliphatic heterocycles. The van der Waals surface area contributed by atoms with Crippen LogP contribution >= 0.6 is 11.6 Å². The lowest BCUT2D eigenvalue weighted by atomic mass is 10.4. The maximum atomic E-state index is 12.0. The number of hydrogen-bond acceptors (Lipinski definition) is 6. The van der Waals surface area contributed by atoms with Crippen LogP contribution in [-0.2, 0) is 16.1 Å². The third-order valence-corrected chi connectivity index (χ3v) is 2.84. The van der Waals surface area contributed by atoms with Crippen molar-refractivity contribution in [3.05, 3.63) is 21.6 Å². The predicted octanol–water partition coefficient (Wildman–Crippen LogP) is 0.433. The smallest absolute Gasteiger partial charge is 0.325 e. The first-order chi connectivity index (χ1) is 9.45. The molecule has 112 valence electrons. The van der Waals surface area contributed by atoms with Crippen LogP contribution in [0.2, 0.25) is 5.02 Å².